The maximum atomic E-state index is 12.7. The van der Waals surface area contributed by atoms with E-state index in [1.54, 1.807) is 7.11 Å². The van der Waals surface area contributed by atoms with Crippen LogP contribution in [0, 0.1) is 0 Å². The Kier molecular flexibility index (Phi) is 8.80. The minimum atomic E-state index is -1.06. The summed E-state index contributed by atoms with van der Waals surface area (Å²) in [4.78, 5) is 56.2. The molecule has 2 fully saturated rings. The number of likely N-dealkylation sites (N-methyl/N-ethyl adjacent to an activating group) is 1. The highest BCUT2D eigenvalue weighted by molar-refractivity contribution is 5.92. The lowest BCUT2D eigenvalue weighted by atomic mass is 9.49. The van der Waals surface area contributed by atoms with E-state index >= 15 is 0 Å². The number of hydrogen-bond acceptors (Lipinski definition) is 9. The van der Waals surface area contributed by atoms with Crippen molar-refractivity contribution in [1.29, 1.82) is 0 Å². The molecule has 0 unspecified atom stereocenters. The average Bonchev–Trinajstić information content (AvgIpc) is 3.41. The summed E-state index contributed by atoms with van der Waals surface area (Å²) < 4.78 is 11.6. The van der Waals surface area contributed by atoms with E-state index in [-0.39, 0.29) is 34.1 Å². The zero-order chi connectivity index (χ0) is 34.3. The van der Waals surface area contributed by atoms with Crippen molar-refractivity contribution >= 4 is 29.7 Å². The fourth-order valence-electron chi connectivity index (χ4n) is 7.20. The lowest BCUT2D eigenvalue weighted by Gasteiger charge is -2.62. The van der Waals surface area contributed by atoms with Crippen LogP contribution in [-0.2, 0) is 16.6 Å². The van der Waals surface area contributed by atoms with Gasteiger partial charge in [0.25, 0.3) is 0 Å². The summed E-state index contributed by atoms with van der Waals surface area (Å²) in [5.74, 6) is -2.78. The number of Topliss-reactive ketones (excluding diaryl/α,β-unsaturated/α-hetero) is 1. The molecule has 1 saturated heterocycles. The van der Waals surface area contributed by atoms with Gasteiger partial charge in [0.2, 0.25) is 0 Å². The van der Waals surface area contributed by atoms with Gasteiger partial charge in [-0.05, 0) is 93.0 Å². The van der Waals surface area contributed by atoms with Crippen LogP contribution in [0.2, 0.25) is 0 Å². The second-order valence-electron chi connectivity index (χ2n) is 11.8. The first-order valence-electron chi connectivity index (χ1n) is 14.7. The summed E-state index contributed by atoms with van der Waals surface area (Å²) in [5.41, 5.74) is 1.07. The number of rotatable bonds is 5. The van der Waals surface area contributed by atoms with E-state index in [9.17, 15) is 29.1 Å². The summed E-state index contributed by atoms with van der Waals surface area (Å²) in [5, 5.41) is 45.6. The molecule has 0 aromatic heterocycles. The molecule has 2 aliphatic heterocycles. The Morgan fingerprint density at radius 1 is 0.787 bits per heavy atom. The minimum absolute atomic E-state index is 0.0438. The summed E-state index contributed by atoms with van der Waals surface area (Å²) in [7, 11) is 3.70. The molecule has 4 aliphatic rings. The Bertz CT molecular complexity index is 1620. The number of likely N-dealkylation sites (tertiary alicyclic amines) is 1. The predicted molar refractivity (Wildman–Crippen MR) is 164 cm³/mol. The van der Waals surface area contributed by atoms with Gasteiger partial charge in [0.1, 0.15) is 0 Å². The molecule has 1 saturated carbocycles. The van der Waals surface area contributed by atoms with E-state index in [4.69, 9.17) is 29.9 Å². The molecule has 5 N–H and O–H groups in total. The summed E-state index contributed by atoms with van der Waals surface area (Å²) in [6.45, 7) is 0.871. The molecule has 246 valence electrons. The van der Waals surface area contributed by atoms with E-state index in [2.05, 4.69) is 18.0 Å². The van der Waals surface area contributed by atoms with Crippen molar-refractivity contribution < 1.29 is 59.0 Å². The molecule has 2 aliphatic carbocycles. The molecule has 2 bridgehead atoms. The molecular formula is C34H33NO12. The summed E-state index contributed by atoms with van der Waals surface area (Å²) in [6, 6.07) is 14.1. The van der Waals surface area contributed by atoms with E-state index in [1.807, 2.05) is 6.07 Å². The van der Waals surface area contributed by atoms with Crippen molar-refractivity contribution in [2.45, 2.75) is 48.8 Å². The molecule has 13 nitrogen and oxygen atoms in total. The molecule has 3 aromatic rings. The van der Waals surface area contributed by atoms with Gasteiger partial charge in [-0.3, -0.25) is 4.79 Å². The fraction of sp³-hybridized carbons (Fsp3) is 0.324. The lowest BCUT2D eigenvalue weighted by molar-refractivity contribution is -0.185. The van der Waals surface area contributed by atoms with E-state index in [1.165, 1.54) is 54.1 Å². The van der Waals surface area contributed by atoms with Crippen molar-refractivity contribution in [1.82, 2.24) is 4.90 Å². The quantitative estimate of drug-likeness (QED) is 0.270. The number of hydrogen-bond donors (Lipinski definition) is 5. The first-order valence-corrected chi connectivity index (χ1v) is 14.7. The zero-order valence-corrected chi connectivity index (χ0v) is 25.5. The summed E-state index contributed by atoms with van der Waals surface area (Å²) in [6.07, 6.45) is 1.89. The number of carboxylic acids is 4. The first kappa shape index (κ1) is 33.1. The number of ketones is 1. The second-order valence-corrected chi connectivity index (χ2v) is 11.8. The van der Waals surface area contributed by atoms with Crippen LogP contribution < -0.4 is 9.47 Å². The molecule has 4 atom stereocenters. The molecule has 2 heterocycles. The number of carbonyl (C=O) groups is 5. The number of aliphatic hydroxyl groups is 1. The van der Waals surface area contributed by atoms with Gasteiger partial charge in [-0.15, -0.1) is 0 Å². The number of carbonyl (C=O) groups excluding carboxylic acids is 1. The zero-order valence-electron chi connectivity index (χ0n) is 25.5. The lowest BCUT2D eigenvalue weighted by Crippen LogP contribution is -2.76. The Hall–Kier alpha value is -5.27. The van der Waals surface area contributed by atoms with Gasteiger partial charge < -0.3 is 39.9 Å². The van der Waals surface area contributed by atoms with Gasteiger partial charge in [0.15, 0.2) is 23.4 Å². The van der Waals surface area contributed by atoms with Crippen LogP contribution in [0.4, 0.5) is 0 Å². The fourth-order valence-corrected chi connectivity index (χ4v) is 7.20. The molecule has 0 amide bonds. The SMILES string of the molecule is COc1ccc2c3c1O[C@H]1C(=O)CC[C@@]4(O)[C@@H](C2)N(C)CC[C@]314.O=C(O)c1ccc(C(=O)O)cc1.O=C(O)c1ccc(C(=O)O)cc1. The van der Waals surface area contributed by atoms with Gasteiger partial charge >= 0.3 is 23.9 Å². The summed E-state index contributed by atoms with van der Waals surface area (Å²) >= 11 is 0. The number of piperidine rings is 1. The smallest absolute Gasteiger partial charge is 0.335 e. The third-order valence-electron chi connectivity index (χ3n) is 9.49. The number of methoxy groups -OCH3 is 1. The van der Waals surface area contributed by atoms with Crippen LogP contribution in [0.1, 0.15) is 71.8 Å². The molecule has 47 heavy (non-hydrogen) atoms. The van der Waals surface area contributed by atoms with Crippen molar-refractivity contribution in [3.8, 4) is 11.5 Å². The monoisotopic (exact) mass is 647 g/mol. The highest BCUT2D eigenvalue weighted by Gasteiger charge is 2.72. The standard InChI is InChI=1S/C18H21NO4.2C8H6O4/c1-19-8-7-17-14-10-3-4-12(22-2)15(14)23-16(17)11(20)5-6-18(17,21)13(19)9-10;2*9-7(10)5-1-2-6(4-3-5)8(11)12/h3-4,13,16,21H,5-9H2,1-2H3;2*1-4H,(H,9,10)(H,11,12)/t13-,16+,17+,18-;;/m1../s1. The molecule has 1 spiro atoms. The molecule has 13 heteroatoms. The Morgan fingerprint density at radius 3 is 1.68 bits per heavy atom. The Labute approximate surface area is 268 Å². The first-order chi connectivity index (χ1) is 22.2. The van der Waals surface area contributed by atoms with Crippen molar-refractivity contribution in [3.05, 3.63) is 94.0 Å². The van der Waals surface area contributed by atoms with Crippen LogP contribution in [0.25, 0.3) is 0 Å². The van der Waals surface area contributed by atoms with Crippen LogP contribution in [0.5, 0.6) is 11.5 Å². The topological polar surface area (TPSA) is 208 Å². The molecular weight excluding hydrogens is 614 g/mol. The number of carboxylic acid groups (broad SMARTS) is 4. The van der Waals surface area contributed by atoms with Crippen molar-refractivity contribution in [2.75, 3.05) is 20.7 Å². The normalized spacial score (nSPS) is 24.6. The molecule has 3 aromatic carbocycles. The molecule has 0 radical (unpaired) electrons. The highest BCUT2D eigenvalue weighted by Crippen LogP contribution is 2.64. The number of benzene rings is 3. The van der Waals surface area contributed by atoms with Gasteiger partial charge in [0, 0.05) is 18.0 Å². The van der Waals surface area contributed by atoms with Gasteiger partial charge in [-0.25, -0.2) is 19.2 Å². The van der Waals surface area contributed by atoms with E-state index < -0.39 is 41.0 Å². The maximum absolute atomic E-state index is 12.7. The largest absolute Gasteiger partial charge is 0.493 e. The third kappa shape index (κ3) is 5.57. The Morgan fingerprint density at radius 2 is 1.26 bits per heavy atom. The number of ether oxygens (including phenoxy) is 2. The number of nitrogens with zero attached hydrogens (tertiary/aromatic N) is 1. The molecule has 7 rings (SSSR count). The van der Waals surface area contributed by atoms with Crippen LogP contribution in [0.3, 0.4) is 0 Å². The predicted octanol–water partition coefficient (Wildman–Crippen LogP) is 3.21. The number of aromatic carboxylic acids is 4. The van der Waals surface area contributed by atoms with Gasteiger partial charge in [-0.1, -0.05) is 6.07 Å². The Balaban J connectivity index is 0.000000154. The highest BCUT2D eigenvalue weighted by atomic mass is 16.5. The van der Waals surface area contributed by atoms with Crippen LogP contribution in [0.15, 0.2) is 60.7 Å². The van der Waals surface area contributed by atoms with Crippen LogP contribution in [-0.4, -0.2) is 98.5 Å². The van der Waals surface area contributed by atoms with Crippen molar-refractivity contribution in [2.24, 2.45) is 0 Å². The minimum Gasteiger partial charge on any atom is -0.493 e. The van der Waals surface area contributed by atoms with E-state index in [0.717, 1.165) is 24.9 Å². The average molecular weight is 648 g/mol. The van der Waals surface area contributed by atoms with Crippen molar-refractivity contribution in [3.63, 3.8) is 0 Å². The van der Waals surface area contributed by atoms with E-state index in [0.29, 0.717) is 24.3 Å². The third-order valence-corrected chi connectivity index (χ3v) is 9.49. The maximum Gasteiger partial charge on any atom is 0.335 e. The van der Waals surface area contributed by atoms with Crippen LogP contribution >= 0.6 is 0 Å². The van der Waals surface area contributed by atoms with Gasteiger partial charge in [0.05, 0.1) is 40.4 Å². The second kappa shape index (κ2) is 12.5. The van der Waals surface area contributed by atoms with Gasteiger partial charge in [-0.2, -0.15) is 0 Å².